The van der Waals surface area contributed by atoms with Crippen molar-refractivity contribution in [1.82, 2.24) is 0 Å². The van der Waals surface area contributed by atoms with E-state index in [-0.39, 0.29) is 12.8 Å². The van der Waals surface area contributed by atoms with E-state index in [0.717, 1.165) is 38.2 Å². The summed E-state index contributed by atoms with van der Waals surface area (Å²) in [4.78, 5) is 25.2. The summed E-state index contributed by atoms with van der Waals surface area (Å²) in [5, 5.41) is 12.1. The minimum absolute atomic E-state index is 0.227. The Labute approximate surface area is 230 Å². The van der Waals surface area contributed by atoms with Crippen molar-refractivity contribution >= 4 is 34.7 Å². The van der Waals surface area contributed by atoms with Crippen LogP contribution in [0, 0.1) is 20.8 Å². The molecule has 4 aromatic rings. The fraction of sp³-hybridized carbons (Fsp3) is 0.212. The van der Waals surface area contributed by atoms with Crippen molar-refractivity contribution in [2.75, 3.05) is 7.11 Å². The Kier molecular flexibility index (Phi) is 8.22. The third-order valence-electron chi connectivity index (χ3n) is 7.11. The first-order valence-corrected chi connectivity index (χ1v) is 15.3. The molecule has 0 aliphatic rings. The Bertz CT molecular complexity index is 1400. The molecule has 0 fully saturated rings. The van der Waals surface area contributed by atoms with Crippen LogP contribution in [0.5, 0.6) is 5.75 Å². The molecule has 0 aliphatic heterocycles. The molecule has 202 valence electrons. The van der Waals surface area contributed by atoms with Gasteiger partial charge in [0.15, 0.2) is 0 Å². The molecular weight excluding hydrogens is 507 g/mol. The Morgan fingerprint density at radius 1 is 0.692 bits per heavy atom. The van der Waals surface area contributed by atoms with Crippen molar-refractivity contribution < 1.29 is 24.0 Å². The first-order valence-electron chi connectivity index (χ1n) is 13.0. The van der Waals surface area contributed by atoms with Gasteiger partial charge in [0.05, 0.1) is 0 Å². The van der Waals surface area contributed by atoms with Crippen molar-refractivity contribution in [3.63, 3.8) is 0 Å². The predicted octanol–water partition coefficient (Wildman–Crippen LogP) is 5.97. The van der Waals surface area contributed by atoms with E-state index < -0.39 is 18.8 Å². The third kappa shape index (κ3) is 5.60. The zero-order valence-electron chi connectivity index (χ0n) is 22.9. The van der Waals surface area contributed by atoms with Crippen LogP contribution >= 0.6 is 6.83 Å². The number of carboxylic acid groups (broad SMARTS) is 1. The van der Waals surface area contributed by atoms with Crippen LogP contribution in [0.15, 0.2) is 97.1 Å². The van der Waals surface area contributed by atoms with Crippen molar-refractivity contribution in [3.8, 4) is 5.75 Å². The number of rotatable bonds is 10. The fourth-order valence-electron chi connectivity index (χ4n) is 5.28. The number of carbonyl (C=O) groups excluding carboxylic acids is 1. The molecule has 0 radical (unpaired) electrons. The molecule has 0 spiro atoms. The number of hydrogen-bond donors (Lipinski definition) is 1. The SMILES string of the molecule is COc1cccc(CP(OC(=O)CCC(=O)O)(c2cccc(C)c2)(c2cccc(C)c2)c2cccc(C)c2)c1. The van der Waals surface area contributed by atoms with Crippen LogP contribution in [-0.2, 0) is 20.3 Å². The zero-order chi connectivity index (χ0) is 28.1. The average molecular weight is 543 g/mol. The van der Waals surface area contributed by atoms with E-state index in [2.05, 4.69) is 18.2 Å². The molecule has 4 aromatic carbocycles. The van der Waals surface area contributed by atoms with Gasteiger partial charge in [-0.1, -0.05) is 0 Å². The van der Waals surface area contributed by atoms with Gasteiger partial charge < -0.3 is 0 Å². The van der Waals surface area contributed by atoms with Gasteiger partial charge in [0.25, 0.3) is 0 Å². The summed E-state index contributed by atoms with van der Waals surface area (Å²) in [6.07, 6.45) is -0.146. The van der Waals surface area contributed by atoms with Gasteiger partial charge in [0.2, 0.25) is 0 Å². The van der Waals surface area contributed by atoms with Crippen LogP contribution in [0.2, 0.25) is 0 Å². The van der Waals surface area contributed by atoms with E-state index in [1.54, 1.807) is 7.11 Å². The van der Waals surface area contributed by atoms with Crippen molar-refractivity contribution in [2.45, 2.75) is 39.8 Å². The van der Waals surface area contributed by atoms with Gasteiger partial charge in [-0.05, 0) is 0 Å². The quantitative estimate of drug-likeness (QED) is 0.250. The number of methoxy groups -OCH3 is 1. The van der Waals surface area contributed by atoms with Crippen LogP contribution in [0.25, 0.3) is 0 Å². The van der Waals surface area contributed by atoms with E-state index in [9.17, 15) is 14.7 Å². The number of carboxylic acids is 1. The Morgan fingerprint density at radius 3 is 1.62 bits per heavy atom. The number of benzene rings is 4. The van der Waals surface area contributed by atoms with E-state index >= 15 is 0 Å². The van der Waals surface area contributed by atoms with Gasteiger partial charge in [-0.3, -0.25) is 0 Å². The summed E-state index contributed by atoms with van der Waals surface area (Å²) in [6.45, 7) is 1.97. The Hall–Kier alpha value is -3.95. The molecule has 1 N–H and O–H groups in total. The van der Waals surface area contributed by atoms with E-state index in [1.165, 1.54) is 0 Å². The molecule has 0 heterocycles. The summed E-state index contributed by atoms with van der Waals surface area (Å²) in [7, 11) is 1.63. The van der Waals surface area contributed by atoms with Crippen molar-refractivity contribution in [3.05, 3.63) is 119 Å². The van der Waals surface area contributed by atoms with Crippen LogP contribution in [-0.4, -0.2) is 24.2 Å². The number of aliphatic carboxylic acids is 1. The third-order valence-corrected chi connectivity index (χ3v) is 12.8. The molecular formula is C33H35O5P. The molecule has 39 heavy (non-hydrogen) atoms. The van der Waals surface area contributed by atoms with Gasteiger partial charge in [-0.2, -0.15) is 0 Å². The first-order chi connectivity index (χ1) is 18.7. The molecule has 0 bridgehead atoms. The molecule has 0 amide bonds. The summed E-state index contributed by atoms with van der Waals surface area (Å²) < 4.78 is 12.5. The normalized spacial score (nSPS) is 12.3. The molecule has 0 atom stereocenters. The van der Waals surface area contributed by atoms with Crippen LogP contribution in [0.1, 0.15) is 35.1 Å². The van der Waals surface area contributed by atoms with Crippen molar-refractivity contribution in [2.24, 2.45) is 0 Å². The van der Waals surface area contributed by atoms with Gasteiger partial charge in [-0.15, -0.1) is 0 Å². The first kappa shape index (κ1) is 28.1. The maximum absolute atomic E-state index is 13.8. The molecule has 0 saturated heterocycles. The van der Waals surface area contributed by atoms with E-state index in [4.69, 9.17) is 9.26 Å². The summed E-state index contributed by atoms with van der Waals surface area (Å²) >= 11 is 0. The second kappa shape index (κ2) is 11.4. The topological polar surface area (TPSA) is 72.8 Å². The van der Waals surface area contributed by atoms with Crippen LogP contribution in [0.4, 0.5) is 0 Å². The minimum atomic E-state index is -4.11. The van der Waals surface area contributed by atoms with E-state index in [0.29, 0.717) is 11.9 Å². The molecule has 0 aromatic heterocycles. The van der Waals surface area contributed by atoms with Gasteiger partial charge in [0, 0.05) is 0 Å². The Morgan fingerprint density at radius 2 is 1.18 bits per heavy atom. The zero-order valence-corrected chi connectivity index (χ0v) is 23.8. The van der Waals surface area contributed by atoms with Crippen molar-refractivity contribution in [1.29, 1.82) is 0 Å². The van der Waals surface area contributed by atoms with Crippen LogP contribution in [0.3, 0.4) is 0 Å². The molecule has 5 nitrogen and oxygen atoms in total. The number of aryl methyl sites for hydroxylation is 3. The molecule has 0 aliphatic carbocycles. The summed E-state index contributed by atoms with van der Waals surface area (Å²) in [5.41, 5.74) is 4.06. The molecule has 0 saturated carbocycles. The second-order valence-electron chi connectivity index (χ2n) is 10.1. The van der Waals surface area contributed by atoms with Crippen LogP contribution < -0.4 is 20.7 Å². The monoisotopic (exact) mass is 542 g/mol. The molecule has 4 rings (SSSR count). The Balaban J connectivity index is 2.19. The standard InChI is InChI=1S/C33H35O5P/c1-24-9-5-14-29(19-24)39(30-15-6-10-25(2)20-30,31-16-7-11-26(3)21-31,38-33(36)18-17-32(34)35)23-27-12-8-13-28(22-27)37-4/h5-16,19-22H,17-18,23H2,1-4H3,(H,34,35). The number of ether oxygens (including phenoxy) is 1. The van der Waals surface area contributed by atoms with E-state index in [1.807, 2.05) is 99.6 Å². The second-order valence-corrected chi connectivity index (χ2v) is 14.6. The molecule has 0 unspecified atom stereocenters. The van der Waals surface area contributed by atoms with Gasteiger partial charge >= 0.3 is 231 Å². The average Bonchev–Trinajstić information content (AvgIpc) is 2.91. The number of hydrogen-bond acceptors (Lipinski definition) is 4. The number of carbonyl (C=O) groups is 2. The summed E-state index contributed by atoms with van der Waals surface area (Å²) in [6, 6.07) is 32.3. The summed E-state index contributed by atoms with van der Waals surface area (Å²) in [5.74, 6) is -0.872. The van der Waals surface area contributed by atoms with Gasteiger partial charge in [0.1, 0.15) is 0 Å². The van der Waals surface area contributed by atoms with Gasteiger partial charge in [-0.25, -0.2) is 0 Å². The molecule has 6 heteroatoms. The predicted molar refractivity (Wildman–Crippen MR) is 159 cm³/mol. The maximum atomic E-state index is 13.8. The fourth-order valence-corrected chi connectivity index (χ4v) is 11.2.